The Morgan fingerprint density at radius 3 is 2.72 bits per heavy atom. The van der Waals surface area contributed by atoms with Crippen LogP contribution >= 0.6 is 27.3 Å². The first-order valence-electron chi connectivity index (χ1n) is 8.83. The van der Waals surface area contributed by atoms with Gasteiger partial charge in [0.25, 0.3) is 0 Å². The number of aromatic nitrogens is 1. The quantitative estimate of drug-likeness (QED) is 0.752. The van der Waals surface area contributed by atoms with Crippen LogP contribution in [0.5, 0.6) is 0 Å². The van der Waals surface area contributed by atoms with Crippen LogP contribution < -0.4 is 4.90 Å². The third kappa shape index (κ3) is 3.75. The highest BCUT2D eigenvalue weighted by Gasteiger charge is 2.45. The van der Waals surface area contributed by atoms with E-state index in [1.165, 1.54) is 5.56 Å². The van der Waals surface area contributed by atoms with Crippen LogP contribution in [-0.2, 0) is 4.79 Å². The molecule has 1 aliphatic heterocycles. The van der Waals surface area contributed by atoms with Gasteiger partial charge in [0, 0.05) is 41.9 Å². The van der Waals surface area contributed by atoms with Crippen molar-refractivity contribution in [2.24, 2.45) is 5.92 Å². The lowest BCUT2D eigenvalue weighted by molar-refractivity contribution is -0.132. The molecule has 25 heavy (non-hydrogen) atoms. The second-order valence-corrected chi connectivity index (χ2v) is 8.69. The van der Waals surface area contributed by atoms with Crippen LogP contribution in [0.2, 0.25) is 0 Å². The Bertz CT molecular complexity index is 760. The molecule has 1 saturated carbocycles. The summed E-state index contributed by atoms with van der Waals surface area (Å²) in [7, 11) is 0. The largest absolute Gasteiger partial charge is 0.346 e. The van der Waals surface area contributed by atoms with Gasteiger partial charge in [0.05, 0.1) is 5.69 Å². The van der Waals surface area contributed by atoms with Crippen molar-refractivity contribution < 1.29 is 4.79 Å². The van der Waals surface area contributed by atoms with Crippen molar-refractivity contribution in [3.8, 4) is 0 Å². The number of benzene rings is 1. The lowest BCUT2D eigenvalue weighted by Crippen LogP contribution is -2.36. The van der Waals surface area contributed by atoms with Gasteiger partial charge in [-0.2, -0.15) is 0 Å². The summed E-state index contributed by atoms with van der Waals surface area (Å²) in [5, 5.41) is 3.18. The zero-order valence-electron chi connectivity index (χ0n) is 14.3. The van der Waals surface area contributed by atoms with Crippen LogP contribution in [0.15, 0.2) is 34.1 Å². The van der Waals surface area contributed by atoms with Crippen molar-refractivity contribution in [3.05, 3.63) is 45.4 Å². The van der Waals surface area contributed by atoms with E-state index in [2.05, 4.69) is 60.4 Å². The Balaban J connectivity index is 1.36. The average molecular weight is 420 g/mol. The molecule has 1 aromatic carbocycles. The Hall–Kier alpha value is -1.40. The van der Waals surface area contributed by atoms with Gasteiger partial charge in [0.15, 0.2) is 5.13 Å². The number of carbonyl (C=O) groups excluding carboxylic acids is 1. The van der Waals surface area contributed by atoms with Gasteiger partial charge in [0.1, 0.15) is 0 Å². The number of rotatable bonds is 3. The number of carbonyl (C=O) groups is 1. The number of hydrogen-bond donors (Lipinski definition) is 0. The standard InChI is InChI=1S/C19H22BrN3OS/c1-13-12-25-19(21-13)23-8-2-7-22(9-10-23)18(24)17-11-16(17)14-3-5-15(20)6-4-14/h3-6,12,16-17H,2,7-11H2,1H3. The molecule has 2 atom stereocenters. The fourth-order valence-corrected chi connectivity index (χ4v) is 4.72. The highest BCUT2D eigenvalue weighted by molar-refractivity contribution is 9.10. The molecule has 2 fully saturated rings. The Morgan fingerprint density at radius 2 is 2.00 bits per heavy atom. The third-order valence-electron chi connectivity index (χ3n) is 5.09. The maximum atomic E-state index is 12.9. The second-order valence-electron chi connectivity index (χ2n) is 6.94. The summed E-state index contributed by atoms with van der Waals surface area (Å²) in [5.74, 6) is 0.918. The van der Waals surface area contributed by atoms with E-state index in [4.69, 9.17) is 0 Å². The highest BCUT2D eigenvalue weighted by atomic mass is 79.9. The summed E-state index contributed by atoms with van der Waals surface area (Å²) in [6.45, 7) is 5.57. The fourth-order valence-electron chi connectivity index (χ4n) is 3.60. The molecule has 1 aromatic heterocycles. The molecule has 4 nitrogen and oxygen atoms in total. The molecule has 6 heteroatoms. The molecule has 0 N–H and O–H groups in total. The smallest absolute Gasteiger partial charge is 0.226 e. The molecule has 1 amide bonds. The minimum atomic E-state index is 0.176. The van der Waals surface area contributed by atoms with Crippen LogP contribution in [0.3, 0.4) is 0 Å². The van der Waals surface area contributed by atoms with E-state index in [0.717, 1.165) is 54.3 Å². The van der Waals surface area contributed by atoms with Gasteiger partial charge in [-0.15, -0.1) is 11.3 Å². The number of hydrogen-bond acceptors (Lipinski definition) is 4. The zero-order valence-corrected chi connectivity index (χ0v) is 16.7. The van der Waals surface area contributed by atoms with E-state index < -0.39 is 0 Å². The molecule has 0 spiro atoms. The van der Waals surface area contributed by atoms with Crippen LogP contribution in [0.4, 0.5) is 5.13 Å². The van der Waals surface area contributed by atoms with Crippen molar-refractivity contribution >= 4 is 38.3 Å². The molecular formula is C19H22BrN3OS. The number of thiazole rings is 1. The maximum absolute atomic E-state index is 12.9. The molecule has 2 aromatic rings. The third-order valence-corrected chi connectivity index (χ3v) is 6.64. The second kappa shape index (κ2) is 7.08. The van der Waals surface area contributed by atoms with Gasteiger partial charge in [-0.25, -0.2) is 4.98 Å². The Kier molecular flexibility index (Phi) is 4.82. The number of anilines is 1. The summed E-state index contributed by atoms with van der Waals surface area (Å²) in [6.07, 6.45) is 2.01. The first kappa shape index (κ1) is 17.0. The molecular weight excluding hydrogens is 398 g/mol. The van der Waals surface area contributed by atoms with Gasteiger partial charge in [0.2, 0.25) is 5.91 Å². The number of aryl methyl sites for hydroxylation is 1. The average Bonchev–Trinajstić information content (AvgIpc) is 3.35. The van der Waals surface area contributed by atoms with Crippen LogP contribution in [0, 0.1) is 12.8 Å². The van der Waals surface area contributed by atoms with Crippen molar-refractivity contribution in [1.82, 2.24) is 9.88 Å². The monoisotopic (exact) mass is 419 g/mol. The summed E-state index contributed by atoms with van der Waals surface area (Å²) in [5.41, 5.74) is 2.36. The predicted molar refractivity (Wildman–Crippen MR) is 105 cm³/mol. The van der Waals surface area contributed by atoms with Crippen molar-refractivity contribution in [1.29, 1.82) is 0 Å². The molecule has 2 aliphatic rings. The predicted octanol–water partition coefficient (Wildman–Crippen LogP) is 4.06. The van der Waals surface area contributed by atoms with Crippen molar-refractivity contribution in [3.63, 3.8) is 0 Å². The van der Waals surface area contributed by atoms with E-state index in [0.29, 0.717) is 11.8 Å². The van der Waals surface area contributed by atoms with Crippen molar-refractivity contribution in [2.75, 3.05) is 31.1 Å². The lowest BCUT2D eigenvalue weighted by Gasteiger charge is -2.22. The summed E-state index contributed by atoms with van der Waals surface area (Å²) in [4.78, 5) is 21.9. The van der Waals surface area contributed by atoms with Gasteiger partial charge in [-0.1, -0.05) is 28.1 Å². The van der Waals surface area contributed by atoms with Gasteiger partial charge in [-0.3, -0.25) is 4.79 Å². The van der Waals surface area contributed by atoms with Crippen LogP contribution in [0.25, 0.3) is 0 Å². The van der Waals surface area contributed by atoms with Gasteiger partial charge >= 0.3 is 0 Å². The number of halogens is 1. The normalized spacial score (nSPS) is 23.4. The van der Waals surface area contributed by atoms with E-state index >= 15 is 0 Å². The first-order valence-corrected chi connectivity index (χ1v) is 10.5. The van der Waals surface area contributed by atoms with Crippen LogP contribution in [0.1, 0.15) is 30.0 Å². The Labute approximate surface area is 161 Å². The lowest BCUT2D eigenvalue weighted by atomic mass is 10.1. The molecule has 0 bridgehead atoms. The highest BCUT2D eigenvalue weighted by Crippen LogP contribution is 2.48. The van der Waals surface area contributed by atoms with Crippen molar-refractivity contribution in [2.45, 2.75) is 25.7 Å². The van der Waals surface area contributed by atoms with Crippen LogP contribution in [-0.4, -0.2) is 42.0 Å². The molecule has 1 aliphatic carbocycles. The summed E-state index contributed by atoms with van der Waals surface area (Å²) in [6, 6.07) is 8.40. The van der Waals surface area contributed by atoms with E-state index in [1.54, 1.807) is 11.3 Å². The fraction of sp³-hybridized carbons (Fsp3) is 0.474. The topological polar surface area (TPSA) is 36.4 Å². The van der Waals surface area contributed by atoms with E-state index in [9.17, 15) is 4.79 Å². The number of amides is 1. The molecule has 4 rings (SSSR count). The van der Waals surface area contributed by atoms with E-state index in [1.807, 2.05) is 6.92 Å². The molecule has 1 saturated heterocycles. The first-order chi connectivity index (χ1) is 12.1. The zero-order chi connectivity index (χ0) is 17.4. The minimum absolute atomic E-state index is 0.176. The van der Waals surface area contributed by atoms with Gasteiger partial charge in [-0.05, 0) is 43.4 Å². The van der Waals surface area contributed by atoms with E-state index in [-0.39, 0.29) is 5.92 Å². The molecule has 132 valence electrons. The van der Waals surface area contributed by atoms with Gasteiger partial charge < -0.3 is 9.80 Å². The molecule has 0 radical (unpaired) electrons. The molecule has 2 heterocycles. The summed E-state index contributed by atoms with van der Waals surface area (Å²) < 4.78 is 1.09. The maximum Gasteiger partial charge on any atom is 0.226 e. The number of nitrogens with zero attached hydrogens (tertiary/aromatic N) is 3. The Morgan fingerprint density at radius 1 is 1.20 bits per heavy atom. The molecule has 2 unspecified atom stereocenters. The summed E-state index contributed by atoms with van der Waals surface area (Å²) >= 11 is 5.17. The minimum Gasteiger partial charge on any atom is -0.346 e. The SMILES string of the molecule is Cc1csc(N2CCCN(C(=O)C3CC3c3ccc(Br)cc3)CC2)n1.